The molecule has 0 aliphatic carbocycles. The van der Waals surface area contributed by atoms with Crippen molar-refractivity contribution in [1.82, 2.24) is 24.5 Å². The van der Waals surface area contributed by atoms with Crippen LogP contribution < -0.4 is 0 Å². The second kappa shape index (κ2) is 7.45. The largest absolute Gasteiger partial charge is 0.336 e. The first kappa shape index (κ1) is 18.4. The Morgan fingerprint density at radius 3 is 2.62 bits per heavy atom. The highest BCUT2D eigenvalue weighted by atomic mass is 79.9. The van der Waals surface area contributed by atoms with E-state index in [2.05, 4.69) is 26.1 Å². The molecule has 26 heavy (non-hydrogen) atoms. The van der Waals surface area contributed by atoms with E-state index in [-0.39, 0.29) is 5.91 Å². The topological polar surface area (TPSA) is 56.0 Å². The first-order valence-corrected chi connectivity index (χ1v) is 9.17. The van der Waals surface area contributed by atoms with Crippen molar-refractivity contribution in [3.05, 3.63) is 69.2 Å². The number of benzene rings is 1. The van der Waals surface area contributed by atoms with Gasteiger partial charge in [0.1, 0.15) is 0 Å². The third kappa shape index (κ3) is 3.88. The maximum absolute atomic E-state index is 12.7. The molecule has 136 valence electrons. The van der Waals surface area contributed by atoms with E-state index in [9.17, 15) is 4.79 Å². The van der Waals surface area contributed by atoms with Gasteiger partial charge >= 0.3 is 0 Å². The number of hydrogen-bond donors (Lipinski definition) is 0. The van der Waals surface area contributed by atoms with Crippen molar-refractivity contribution in [3.63, 3.8) is 0 Å². The van der Waals surface area contributed by atoms with Crippen molar-refractivity contribution in [3.8, 4) is 0 Å². The van der Waals surface area contributed by atoms with Gasteiger partial charge in [0.15, 0.2) is 0 Å². The normalized spacial score (nSPS) is 11.0. The van der Waals surface area contributed by atoms with Gasteiger partial charge < -0.3 is 4.90 Å². The van der Waals surface area contributed by atoms with Crippen LogP contribution in [0.4, 0.5) is 0 Å². The molecule has 0 N–H and O–H groups in total. The second-order valence-electron chi connectivity index (χ2n) is 6.48. The van der Waals surface area contributed by atoms with E-state index in [0.29, 0.717) is 18.7 Å². The van der Waals surface area contributed by atoms with Gasteiger partial charge in [0, 0.05) is 25.9 Å². The number of carbonyl (C=O) groups excluding carboxylic acids is 1. The molecule has 0 saturated heterocycles. The molecule has 3 rings (SSSR count). The minimum Gasteiger partial charge on any atom is -0.336 e. The summed E-state index contributed by atoms with van der Waals surface area (Å²) in [6.45, 7) is 5.11. The highest BCUT2D eigenvalue weighted by Gasteiger charge is 2.14. The van der Waals surface area contributed by atoms with Crippen molar-refractivity contribution in [2.45, 2.75) is 26.9 Å². The molecule has 7 heteroatoms. The molecule has 2 heterocycles. The quantitative estimate of drug-likeness (QED) is 0.641. The van der Waals surface area contributed by atoms with E-state index in [1.165, 1.54) is 0 Å². The van der Waals surface area contributed by atoms with Crippen molar-refractivity contribution < 1.29 is 4.79 Å². The summed E-state index contributed by atoms with van der Waals surface area (Å²) >= 11 is 3.55. The van der Waals surface area contributed by atoms with Crippen LogP contribution in [0.5, 0.6) is 0 Å². The number of amides is 1. The molecule has 0 aliphatic rings. The van der Waals surface area contributed by atoms with E-state index < -0.39 is 0 Å². The predicted molar refractivity (Wildman–Crippen MR) is 104 cm³/mol. The average Bonchev–Trinajstić information content (AvgIpc) is 3.13. The standard InChI is InChI=1S/C19H22BrN5O/c1-13-18(20)14(2)25(21-13)11-15-6-5-7-16(10-15)19(26)23(3)12-17-8-9-24(4)22-17/h5-10H,11-12H2,1-4H3. The maximum Gasteiger partial charge on any atom is 0.253 e. The van der Waals surface area contributed by atoms with Gasteiger partial charge in [-0.05, 0) is 53.5 Å². The Bertz CT molecular complexity index is 943. The molecule has 0 radical (unpaired) electrons. The molecule has 0 saturated carbocycles. The molecular formula is C19H22BrN5O. The molecule has 2 aromatic heterocycles. The molecule has 3 aromatic rings. The summed E-state index contributed by atoms with van der Waals surface area (Å²) < 4.78 is 4.71. The molecule has 1 amide bonds. The van der Waals surface area contributed by atoms with Crippen molar-refractivity contribution in [2.24, 2.45) is 7.05 Å². The fraction of sp³-hybridized carbons (Fsp3) is 0.316. The minimum atomic E-state index is -0.0212. The highest BCUT2D eigenvalue weighted by Crippen LogP contribution is 2.21. The Morgan fingerprint density at radius 1 is 1.23 bits per heavy atom. The summed E-state index contributed by atoms with van der Waals surface area (Å²) in [6, 6.07) is 9.62. The van der Waals surface area contributed by atoms with Crippen molar-refractivity contribution in [2.75, 3.05) is 7.05 Å². The number of rotatable bonds is 5. The van der Waals surface area contributed by atoms with Crippen LogP contribution in [0.25, 0.3) is 0 Å². The van der Waals surface area contributed by atoms with Gasteiger partial charge in [-0.15, -0.1) is 0 Å². The average molecular weight is 416 g/mol. The first-order chi connectivity index (χ1) is 12.3. The Labute approximate surface area is 161 Å². The molecule has 0 aliphatic heterocycles. The lowest BCUT2D eigenvalue weighted by Gasteiger charge is -2.16. The van der Waals surface area contributed by atoms with Gasteiger partial charge in [-0.25, -0.2) is 0 Å². The zero-order chi connectivity index (χ0) is 18.8. The number of hydrogen-bond acceptors (Lipinski definition) is 3. The van der Waals surface area contributed by atoms with Crippen LogP contribution in [0.15, 0.2) is 41.0 Å². The summed E-state index contributed by atoms with van der Waals surface area (Å²) in [7, 11) is 3.66. The Hall–Kier alpha value is -2.41. The third-order valence-electron chi connectivity index (χ3n) is 4.31. The van der Waals surface area contributed by atoms with Crippen LogP contribution in [0.2, 0.25) is 0 Å². The molecule has 6 nitrogen and oxygen atoms in total. The first-order valence-electron chi connectivity index (χ1n) is 8.37. The SMILES string of the molecule is Cc1nn(Cc2cccc(C(=O)N(C)Cc3ccn(C)n3)c2)c(C)c1Br. The van der Waals surface area contributed by atoms with Gasteiger partial charge in [-0.3, -0.25) is 14.2 Å². The lowest BCUT2D eigenvalue weighted by atomic mass is 10.1. The second-order valence-corrected chi connectivity index (χ2v) is 7.28. The van der Waals surface area contributed by atoms with Crippen LogP contribution in [0.3, 0.4) is 0 Å². The monoisotopic (exact) mass is 415 g/mol. The fourth-order valence-electron chi connectivity index (χ4n) is 2.89. The summed E-state index contributed by atoms with van der Waals surface area (Å²) in [5, 5.41) is 8.86. The molecule has 0 bridgehead atoms. The molecule has 1 aromatic carbocycles. The van der Waals surface area contributed by atoms with E-state index in [1.54, 1.807) is 16.6 Å². The lowest BCUT2D eigenvalue weighted by Crippen LogP contribution is -2.26. The third-order valence-corrected chi connectivity index (χ3v) is 5.46. The summed E-state index contributed by atoms with van der Waals surface area (Å²) in [5.41, 5.74) is 4.62. The van der Waals surface area contributed by atoms with Crippen molar-refractivity contribution in [1.29, 1.82) is 0 Å². The van der Waals surface area contributed by atoms with Crippen molar-refractivity contribution >= 4 is 21.8 Å². The number of halogens is 1. The summed E-state index contributed by atoms with van der Waals surface area (Å²) in [4.78, 5) is 14.4. The number of aromatic nitrogens is 4. The van der Waals surface area contributed by atoms with E-state index >= 15 is 0 Å². The van der Waals surface area contributed by atoms with Gasteiger partial charge in [-0.2, -0.15) is 10.2 Å². The Balaban J connectivity index is 1.75. The maximum atomic E-state index is 12.7. The smallest absolute Gasteiger partial charge is 0.253 e. The lowest BCUT2D eigenvalue weighted by molar-refractivity contribution is 0.0783. The molecule has 0 spiro atoms. The minimum absolute atomic E-state index is 0.0212. The Morgan fingerprint density at radius 2 is 2.00 bits per heavy atom. The highest BCUT2D eigenvalue weighted by molar-refractivity contribution is 9.10. The van der Waals surface area contributed by atoms with Crippen LogP contribution >= 0.6 is 15.9 Å². The van der Waals surface area contributed by atoms with Crippen LogP contribution in [0, 0.1) is 13.8 Å². The van der Waals surface area contributed by atoms with Crippen LogP contribution in [0.1, 0.15) is 33.0 Å². The van der Waals surface area contributed by atoms with E-state index in [4.69, 9.17) is 0 Å². The zero-order valence-corrected chi connectivity index (χ0v) is 17.0. The van der Waals surface area contributed by atoms with Gasteiger partial charge in [0.2, 0.25) is 0 Å². The Kier molecular flexibility index (Phi) is 5.27. The van der Waals surface area contributed by atoms with E-state index in [1.807, 2.05) is 62.1 Å². The molecule has 0 atom stereocenters. The summed E-state index contributed by atoms with van der Waals surface area (Å²) in [5.74, 6) is -0.0212. The van der Waals surface area contributed by atoms with Crippen LogP contribution in [-0.2, 0) is 20.1 Å². The number of carbonyl (C=O) groups is 1. The van der Waals surface area contributed by atoms with Crippen LogP contribution in [-0.4, -0.2) is 37.4 Å². The zero-order valence-electron chi connectivity index (χ0n) is 15.4. The molecular weight excluding hydrogens is 394 g/mol. The molecule has 0 fully saturated rings. The fourth-order valence-corrected chi connectivity index (χ4v) is 3.17. The van der Waals surface area contributed by atoms with Gasteiger partial charge in [0.25, 0.3) is 5.91 Å². The van der Waals surface area contributed by atoms with Gasteiger partial charge in [0.05, 0.1) is 34.6 Å². The van der Waals surface area contributed by atoms with E-state index in [0.717, 1.165) is 27.1 Å². The number of aryl methyl sites for hydroxylation is 2. The van der Waals surface area contributed by atoms with Gasteiger partial charge in [-0.1, -0.05) is 12.1 Å². The predicted octanol–water partition coefficient (Wildman–Crippen LogP) is 3.32. The number of nitrogens with zero attached hydrogens (tertiary/aromatic N) is 5. The molecule has 0 unspecified atom stereocenters. The summed E-state index contributed by atoms with van der Waals surface area (Å²) in [6.07, 6.45) is 1.88.